The third-order valence-corrected chi connectivity index (χ3v) is 6.88. The minimum absolute atomic E-state index is 0.0360. The molecule has 0 aliphatic carbocycles. The summed E-state index contributed by atoms with van der Waals surface area (Å²) in [5.41, 5.74) is 1.22. The quantitative estimate of drug-likeness (QED) is 0.758. The summed E-state index contributed by atoms with van der Waals surface area (Å²) in [6, 6.07) is 6.46. The van der Waals surface area contributed by atoms with Gasteiger partial charge in [0.05, 0.1) is 17.8 Å². The summed E-state index contributed by atoms with van der Waals surface area (Å²) in [6.07, 6.45) is 1.27. The van der Waals surface area contributed by atoms with Crippen LogP contribution in [-0.2, 0) is 11.2 Å². The van der Waals surface area contributed by atoms with Gasteiger partial charge in [-0.1, -0.05) is 12.1 Å². The Morgan fingerprint density at radius 2 is 2.04 bits per heavy atom. The molecule has 1 aliphatic rings. The molecule has 2 heterocycles. The molecule has 1 atom stereocenters. The number of rotatable bonds is 6. The molecule has 5 nitrogen and oxygen atoms in total. The first-order chi connectivity index (χ1) is 13.1. The Kier molecular flexibility index (Phi) is 5.77. The van der Waals surface area contributed by atoms with Crippen molar-refractivity contribution in [2.24, 2.45) is 5.92 Å². The smallest absolute Gasteiger partial charge is 0.226 e. The molecule has 2 aromatic rings. The van der Waals surface area contributed by atoms with Gasteiger partial charge < -0.3 is 10.6 Å². The summed E-state index contributed by atoms with van der Waals surface area (Å²) in [5, 5.41) is 8.45. The fourth-order valence-electron chi connectivity index (χ4n) is 3.95. The number of nitrogens with one attached hydrogen (secondary N) is 2. The zero-order valence-electron chi connectivity index (χ0n) is 17.2. The topological polar surface area (TPSA) is 57.3 Å². The third kappa shape index (κ3) is 4.36. The molecule has 1 aromatic carbocycles. The second-order valence-corrected chi connectivity index (χ2v) is 9.51. The summed E-state index contributed by atoms with van der Waals surface area (Å²) in [7, 11) is 2.15. The van der Waals surface area contributed by atoms with Gasteiger partial charge in [-0.2, -0.15) is 0 Å². The molecule has 1 aliphatic heterocycles. The Morgan fingerprint density at radius 1 is 1.32 bits per heavy atom. The predicted molar refractivity (Wildman–Crippen MR) is 113 cm³/mol. The van der Waals surface area contributed by atoms with Crippen molar-refractivity contribution in [2.45, 2.75) is 51.6 Å². The Morgan fingerprint density at radius 3 is 2.68 bits per heavy atom. The molecule has 1 saturated heterocycles. The molecule has 2 N–H and O–H groups in total. The molecule has 0 saturated carbocycles. The van der Waals surface area contributed by atoms with Gasteiger partial charge in [-0.05, 0) is 59.2 Å². The Bertz CT molecular complexity index is 848. The second-order valence-electron chi connectivity index (χ2n) is 8.66. The average Bonchev–Trinajstić information content (AvgIpc) is 3.12. The van der Waals surface area contributed by atoms with Crippen LogP contribution in [0.1, 0.15) is 39.8 Å². The van der Waals surface area contributed by atoms with Gasteiger partial charge >= 0.3 is 0 Å². The number of hydrogen-bond donors (Lipinski definition) is 2. The van der Waals surface area contributed by atoms with Crippen molar-refractivity contribution in [1.82, 2.24) is 15.2 Å². The SMILES string of the molecule is CN1C(C)(C)CC(CNC(=O)Cc2csc(Nc3ccccc3F)n2)C1(C)C. The van der Waals surface area contributed by atoms with Crippen LogP contribution in [0.4, 0.5) is 15.2 Å². The highest BCUT2D eigenvalue weighted by molar-refractivity contribution is 7.13. The maximum Gasteiger partial charge on any atom is 0.226 e. The van der Waals surface area contributed by atoms with Gasteiger partial charge in [0, 0.05) is 23.0 Å². The van der Waals surface area contributed by atoms with E-state index in [-0.39, 0.29) is 29.2 Å². The van der Waals surface area contributed by atoms with E-state index in [0.29, 0.717) is 29.0 Å². The van der Waals surface area contributed by atoms with Crippen molar-refractivity contribution in [2.75, 3.05) is 18.9 Å². The molecule has 0 bridgehead atoms. The molecular weight excluding hydrogens is 375 g/mol. The Hall–Kier alpha value is -1.99. The molecule has 1 unspecified atom stereocenters. The van der Waals surface area contributed by atoms with Crippen molar-refractivity contribution in [3.8, 4) is 0 Å². The van der Waals surface area contributed by atoms with Crippen LogP contribution in [-0.4, -0.2) is 40.5 Å². The van der Waals surface area contributed by atoms with E-state index in [9.17, 15) is 9.18 Å². The maximum absolute atomic E-state index is 13.7. The van der Waals surface area contributed by atoms with Gasteiger partial charge in [0.1, 0.15) is 5.82 Å². The highest BCUT2D eigenvalue weighted by Crippen LogP contribution is 2.43. The molecule has 152 valence electrons. The van der Waals surface area contributed by atoms with Crippen LogP contribution in [0.15, 0.2) is 29.6 Å². The largest absolute Gasteiger partial charge is 0.355 e. The van der Waals surface area contributed by atoms with Crippen LogP contribution in [0.5, 0.6) is 0 Å². The maximum atomic E-state index is 13.7. The number of thiazole rings is 1. The number of anilines is 2. The van der Waals surface area contributed by atoms with Gasteiger partial charge in [-0.15, -0.1) is 11.3 Å². The van der Waals surface area contributed by atoms with Crippen molar-refractivity contribution in [1.29, 1.82) is 0 Å². The van der Waals surface area contributed by atoms with E-state index >= 15 is 0 Å². The van der Waals surface area contributed by atoms with E-state index < -0.39 is 0 Å². The molecule has 0 spiro atoms. The number of amides is 1. The van der Waals surface area contributed by atoms with Crippen LogP contribution in [0, 0.1) is 11.7 Å². The number of carbonyl (C=O) groups is 1. The number of hydrogen-bond acceptors (Lipinski definition) is 5. The summed E-state index contributed by atoms with van der Waals surface area (Å²) < 4.78 is 13.7. The van der Waals surface area contributed by atoms with Gasteiger partial charge in [0.15, 0.2) is 5.13 Å². The number of nitrogens with zero attached hydrogens (tertiary/aromatic N) is 2. The summed E-state index contributed by atoms with van der Waals surface area (Å²) in [4.78, 5) is 19.2. The van der Waals surface area contributed by atoms with E-state index in [1.807, 2.05) is 5.38 Å². The first kappa shape index (κ1) is 20.7. The summed E-state index contributed by atoms with van der Waals surface area (Å²) in [6.45, 7) is 9.62. The zero-order chi connectivity index (χ0) is 20.5. The average molecular weight is 405 g/mol. The number of likely N-dealkylation sites (tertiary alicyclic amines) is 1. The molecule has 3 rings (SSSR count). The lowest BCUT2D eigenvalue weighted by Gasteiger charge is -2.38. The van der Waals surface area contributed by atoms with E-state index in [4.69, 9.17) is 0 Å². The van der Waals surface area contributed by atoms with Gasteiger partial charge in [-0.3, -0.25) is 9.69 Å². The van der Waals surface area contributed by atoms with Crippen molar-refractivity contribution >= 4 is 28.1 Å². The van der Waals surface area contributed by atoms with E-state index in [1.54, 1.807) is 18.2 Å². The van der Waals surface area contributed by atoms with Crippen molar-refractivity contribution < 1.29 is 9.18 Å². The van der Waals surface area contributed by atoms with Crippen molar-refractivity contribution in [3.63, 3.8) is 0 Å². The number of carbonyl (C=O) groups excluding carboxylic acids is 1. The molecule has 1 amide bonds. The van der Waals surface area contributed by atoms with Crippen LogP contribution in [0.3, 0.4) is 0 Å². The first-order valence-electron chi connectivity index (χ1n) is 9.56. The van der Waals surface area contributed by atoms with Crippen molar-refractivity contribution in [3.05, 3.63) is 41.2 Å². The van der Waals surface area contributed by atoms with Gasteiger partial charge in [0.25, 0.3) is 0 Å². The van der Waals surface area contributed by atoms with E-state index in [2.05, 4.69) is 55.3 Å². The normalized spacial score (nSPS) is 20.9. The molecule has 7 heteroatoms. The molecule has 1 aromatic heterocycles. The highest BCUT2D eigenvalue weighted by atomic mass is 32.1. The van der Waals surface area contributed by atoms with Crippen LogP contribution in [0.2, 0.25) is 0 Å². The summed E-state index contributed by atoms with van der Waals surface area (Å²) in [5.74, 6) is 0.0279. The molecule has 0 radical (unpaired) electrons. The Balaban J connectivity index is 1.53. The predicted octanol–water partition coefficient (Wildman–Crippen LogP) is 4.19. The Labute approximate surface area is 170 Å². The lowest BCUT2D eigenvalue weighted by molar-refractivity contribution is -0.120. The zero-order valence-corrected chi connectivity index (χ0v) is 18.0. The second kappa shape index (κ2) is 7.79. The molecular formula is C21H29FN4OS. The highest BCUT2D eigenvalue weighted by Gasteiger charge is 2.48. The minimum atomic E-state index is -0.330. The van der Waals surface area contributed by atoms with E-state index in [1.165, 1.54) is 17.4 Å². The van der Waals surface area contributed by atoms with Crippen LogP contribution in [0.25, 0.3) is 0 Å². The molecule has 28 heavy (non-hydrogen) atoms. The van der Waals surface area contributed by atoms with Crippen LogP contribution < -0.4 is 10.6 Å². The number of halogens is 1. The number of benzene rings is 1. The lowest BCUT2D eigenvalue weighted by atomic mass is 9.87. The van der Waals surface area contributed by atoms with Crippen LogP contribution >= 0.6 is 11.3 Å². The first-order valence-corrected chi connectivity index (χ1v) is 10.4. The lowest BCUT2D eigenvalue weighted by Crippen LogP contribution is -2.48. The minimum Gasteiger partial charge on any atom is -0.355 e. The van der Waals surface area contributed by atoms with E-state index in [0.717, 1.165) is 6.42 Å². The number of aromatic nitrogens is 1. The molecule has 1 fully saturated rings. The van der Waals surface area contributed by atoms with Gasteiger partial charge in [-0.25, -0.2) is 9.37 Å². The van der Waals surface area contributed by atoms with Gasteiger partial charge in [0.2, 0.25) is 5.91 Å². The number of para-hydroxylation sites is 1. The fraction of sp³-hybridized carbons (Fsp3) is 0.524. The third-order valence-electron chi connectivity index (χ3n) is 6.07. The fourth-order valence-corrected chi connectivity index (χ4v) is 4.68. The monoisotopic (exact) mass is 404 g/mol. The standard InChI is InChI=1S/C21H29FN4OS/c1-20(2)11-14(21(3,4)26(20)5)12-23-18(27)10-15-13-28-19(24-15)25-17-9-7-6-8-16(17)22/h6-9,13-14H,10-12H2,1-5H3,(H,23,27)(H,24,25). The summed E-state index contributed by atoms with van der Waals surface area (Å²) >= 11 is 1.36.